The molecule has 2 heterocycles. The quantitative estimate of drug-likeness (QED) is 0.887. The van der Waals surface area contributed by atoms with E-state index >= 15 is 0 Å². The zero-order chi connectivity index (χ0) is 15.2. The molecule has 0 spiro atoms. The number of halogens is 1. The summed E-state index contributed by atoms with van der Waals surface area (Å²) in [5.41, 5.74) is 1.01. The summed E-state index contributed by atoms with van der Waals surface area (Å²) in [4.78, 5) is 20.7. The molecule has 2 aromatic rings. The van der Waals surface area contributed by atoms with Crippen LogP contribution in [0.1, 0.15) is 29.5 Å². The molecule has 0 aliphatic rings. The number of pyridine rings is 2. The van der Waals surface area contributed by atoms with E-state index in [0.717, 1.165) is 18.7 Å². The van der Waals surface area contributed by atoms with Gasteiger partial charge in [-0.1, -0.05) is 24.6 Å². The van der Waals surface area contributed by atoms with Gasteiger partial charge >= 0.3 is 0 Å². The van der Waals surface area contributed by atoms with Crippen LogP contribution >= 0.6 is 11.6 Å². The van der Waals surface area contributed by atoms with Crippen LogP contribution in [-0.4, -0.2) is 22.4 Å². The van der Waals surface area contributed by atoms with Gasteiger partial charge in [0.2, 0.25) is 0 Å². The number of hydrogen-bond acceptors (Lipinski definition) is 4. The van der Waals surface area contributed by atoms with E-state index < -0.39 is 0 Å². The van der Waals surface area contributed by atoms with Crippen LogP contribution in [0.2, 0.25) is 5.02 Å². The van der Waals surface area contributed by atoms with Crippen LogP contribution in [0.25, 0.3) is 0 Å². The predicted molar refractivity (Wildman–Crippen MR) is 85.0 cm³/mol. The lowest BCUT2D eigenvalue weighted by atomic mass is 10.3. The molecule has 21 heavy (non-hydrogen) atoms. The Hall–Kier alpha value is -2.14. The minimum atomic E-state index is -0.377. The summed E-state index contributed by atoms with van der Waals surface area (Å²) in [6.45, 7) is 4.70. The van der Waals surface area contributed by atoms with Crippen molar-refractivity contribution in [2.24, 2.45) is 0 Å². The van der Waals surface area contributed by atoms with E-state index in [2.05, 4.69) is 27.5 Å². The number of aryl methyl sites for hydroxylation is 1. The van der Waals surface area contributed by atoms with Crippen molar-refractivity contribution in [3.8, 4) is 0 Å². The van der Waals surface area contributed by atoms with E-state index in [-0.39, 0.29) is 11.6 Å². The van der Waals surface area contributed by atoms with Crippen LogP contribution in [0.4, 0.5) is 11.6 Å². The zero-order valence-electron chi connectivity index (χ0n) is 12.0. The molecule has 2 aromatic heterocycles. The maximum absolute atomic E-state index is 12.2. The van der Waals surface area contributed by atoms with Crippen molar-refractivity contribution in [2.45, 2.75) is 20.3 Å². The van der Waals surface area contributed by atoms with Gasteiger partial charge in [-0.2, -0.15) is 0 Å². The number of nitrogens with zero attached hydrogens (tertiary/aromatic N) is 2. The molecule has 0 saturated heterocycles. The highest BCUT2D eigenvalue weighted by Gasteiger charge is 2.14. The third-order valence-corrected chi connectivity index (χ3v) is 3.05. The highest BCUT2D eigenvalue weighted by molar-refractivity contribution is 6.34. The molecule has 6 heteroatoms. The monoisotopic (exact) mass is 304 g/mol. The van der Waals surface area contributed by atoms with E-state index in [1.165, 1.54) is 0 Å². The smallest absolute Gasteiger partial charge is 0.277 e. The molecule has 5 nitrogen and oxygen atoms in total. The van der Waals surface area contributed by atoms with E-state index in [0.29, 0.717) is 16.7 Å². The highest BCUT2D eigenvalue weighted by Crippen LogP contribution is 2.18. The molecule has 2 N–H and O–H groups in total. The van der Waals surface area contributed by atoms with Crippen molar-refractivity contribution in [3.05, 3.63) is 46.7 Å². The van der Waals surface area contributed by atoms with Crippen molar-refractivity contribution in [1.29, 1.82) is 0 Å². The number of hydrogen-bond donors (Lipinski definition) is 2. The Kier molecular flexibility index (Phi) is 5.11. The molecule has 1 amide bonds. The van der Waals surface area contributed by atoms with Crippen molar-refractivity contribution in [3.63, 3.8) is 0 Å². The molecule has 0 fully saturated rings. The van der Waals surface area contributed by atoms with Gasteiger partial charge in [0.25, 0.3) is 5.91 Å². The summed E-state index contributed by atoms with van der Waals surface area (Å²) < 4.78 is 0. The van der Waals surface area contributed by atoms with Crippen molar-refractivity contribution < 1.29 is 4.79 Å². The Balaban J connectivity index is 2.18. The lowest BCUT2D eigenvalue weighted by Gasteiger charge is -2.09. The molecule has 2 rings (SSSR count). The van der Waals surface area contributed by atoms with Gasteiger partial charge in [0.1, 0.15) is 17.3 Å². The first-order chi connectivity index (χ1) is 10.1. The molecule has 0 aliphatic heterocycles. The molecule has 0 atom stereocenters. The van der Waals surface area contributed by atoms with Crippen LogP contribution in [0.15, 0.2) is 30.3 Å². The number of nitrogens with one attached hydrogen (secondary N) is 2. The van der Waals surface area contributed by atoms with E-state index in [4.69, 9.17) is 11.6 Å². The van der Waals surface area contributed by atoms with Gasteiger partial charge in [-0.3, -0.25) is 4.79 Å². The Labute approximate surface area is 128 Å². The summed E-state index contributed by atoms with van der Waals surface area (Å²) in [6.07, 6.45) is 0.971. The predicted octanol–water partition coefficient (Wildman–Crippen LogP) is 3.51. The van der Waals surface area contributed by atoms with Gasteiger partial charge in [0, 0.05) is 12.2 Å². The third-order valence-electron chi connectivity index (χ3n) is 2.75. The fourth-order valence-corrected chi connectivity index (χ4v) is 1.93. The molecule has 0 aliphatic carbocycles. The first-order valence-corrected chi connectivity index (χ1v) is 7.13. The molecule has 0 saturated carbocycles. The number of carbonyl (C=O) groups is 1. The van der Waals surface area contributed by atoms with E-state index in [1.54, 1.807) is 18.2 Å². The van der Waals surface area contributed by atoms with Gasteiger partial charge in [-0.05, 0) is 37.6 Å². The lowest BCUT2D eigenvalue weighted by molar-refractivity contribution is 0.102. The van der Waals surface area contributed by atoms with Crippen LogP contribution in [0, 0.1) is 6.92 Å². The summed E-state index contributed by atoms with van der Waals surface area (Å²) in [5.74, 6) is 0.728. The molecule has 0 aromatic carbocycles. The Bertz CT molecular complexity index is 645. The van der Waals surface area contributed by atoms with Crippen molar-refractivity contribution >= 4 is 29.1 Å². The Morgan fingerprint density at radius 3 is 2.71 bits per heavy atom. The maximum atomic E-state index is 12.2. The summed E-state index contributed by atoms with van der Waals surface area (Å²) in [7, 11) is 0. The van der Waals surface area contributed by atoms with Gasteiger partial charge in [0.05, 0.1) is 5.02 Å². The number of amides is 1. The topological polar surface area (TPSA) is 66.9 Å². The SMILES string of the molecule is CCCNc1ccc(Cl)c(C(=O)Nc2cccc(C)n2)n1. The van der Waals surface area contributed by atoms with Gasteiger partial charge in [-0.25, -0.2) is 9.97 Å². The summed E-state index contributed by atoms with van der Waals surface area (Å²) >= 11 is 6.05. The van der Waals surface area contributed by atoms with Crippen LogP contribution < -0.4 is 10.6 Å². The molecule has 0 bridgehead atoms. The lowest BCUT2D eigenvalue weighted by Crippen LogP contribution is -2.16. The zero-order valence-corrected chi connectivity index (χ0v) is 12.7. The number of rotatable bonds is 5. The summed E-state index contributed by atoms with van der Waals surface area (Å²) in [5, 5.41) is 6.13. The maximum Gasteiger partial charge on any atom is 0.277 e. The van der Waals surface area contributed by atoms with Gasteiger partial charge in [-0.15, -0.1) is 0 Å². The van der Waals surface area contributed by atoms with Crippen LogP contribution in [-0.2, 0) is 0 Å². The fraction of sp³-hybridized carbons (Fsp3) is 0.267. The molecule has 0 radical (unpaired) electrons. The minimum Gasteiger partial charge on any atom is -0.370 e. The van der Waals surface area contributed by atoms with Crippen molar-refractivity contribution in [2.75, 3.05) is 17.2 Å². The number of anilines is 2. The van der Waals surface area contributed by atoms with Gasteiger partial charge in [0.15, 0.2) is 0 Å². The normalized spacial score (nSPS) is 10.2. The van der Waals surface area contributed by atoms with Crippen LogP contribution in [0.5, 0.6) is 0 Å². The molecule has 110 valence electrons. The molecular weight excluding hydrogens is 288 g/mol. The second kappa shape index (κ2) is 7.04. The Morgan fingerprint density at radius 1 is 1.19 bits per heavy atom. The first kappa shape index (κ1) is 15.3. The van der Waals surface area contributed by atoms with Crippen molar-refractivity contribution in [1.82, 2.24) is 9.97 Å². The summed E-state index contributed by atoms with van der Waals surface area (Å²) in [6, 6.07) is 8.81. The average Bonchev–Trinajstić information content (AvgIpc) is 2.46. The number of carbonyl (C=O) groups excluding carboxylic acids is 1. The molecular formula is C15H17ClN4O. The van der Waals surface area contributed by atoms with E-state index in [1.807, 2.05) is 19.1 Å². The Morgan fingerprint density at radius 2 is 2.00 bits per heavy atom. The first-order valence-electron chi connectivity index (χ1n) is 6.75. The third kappa shape index (κ3) is 4.16. The average molecular weight is 305 g/mol. The highest BCUT2D eigenvalue weighted by atomic mass is 35.5. The van der Waals surface area contributed by atoms with Gasteiger partial charge < -0.3 is 10.6 Å². The largest absolute Gasteiger partial charge is 0.370 e. The number of aromatic nitrogens is 2. The van der Waals surface area contributed by atoms with Crippen LogP contribution in [0.3, 0.4) is 0 Å². The second-order valence-corrected chi connectivity index (χ2v) is 4.98. The molecule has 0 unspecified atom stereocenters. The fourth-order valence-electron chi connectivity index (χ4n) is 1.74. The van der Waals surface area contributed by atoms with E-state index in [9.17, 15) is 4.79 Å². The minimum absolute atomic E-state index is 0.182. The standard InChI is InChI=1S/C15H17ClN4O/c1-3-9-17-12-8-7-11(16)14(19-12)15(21)20-13-6-4-5-10(2)18-13/h4-8H,3,9H2,1-2H3,(H,17,19)(H,18,20,21). The second-order valence-electron chi connectivity index (χ2n) is 4.57.